The molecule has 5 unspecified atom stereocenters. The predicted molar refractivity (Wildman–Crippen MR) is 80.9 cm³/mol. The van der Waals surface area contributed by atoms with Crippen LogP contribution in [0.25, 0.3) is 0 Å². The maximum Gasteiger partial charge on any atom is 0.148 e. The summed E-state index contributed by atoms with van der Waals surface area (Å²) in [6, 6.07) is 0.718. The minimum Gasteiger partial charge on any atom is -0.310 e. The average Bonchev–Trinajstić information content (AvgIpc) is 2.79. The number of hydrogen-bond donors (Lipinski definition) is 1. The number of nitrogens with one attached hydrogen (secondary N) is 1. The Kier molecular flexibility index (Phi) is 3.64. The van der Waals surface area contributed by atoms with Gasteiger partial charge in [0.2, 0.25) is 0 Å². The molecule has 3 nitrogen and oxygen atoms in total. The number of ketones is 2. The van der Waals surface area contributed by atoms with Gasteiger partial charge < -0.3 is 5.32 Å². The van der Waals surface area contributed by atoms with Crippen LogP contribution in [-0.2, 0) is 9.59 Å². The Balaban J connectivity index is 1.50. The molecule has 0 aromatic rings. The van der Waals surface area contributed by atoms with Crippen molar-refractivity contribution in [3.05, 3.63) is 0 Å². The van der Waals surface area contributed by atoms with Crippen molar-refractivity contribution in [2.45, 2.75) is 76.3 Å². The third-order valence-electron chi connectivity index (χ3n) is 6.70. The molecule has 0 bridgehead atoms. The molecule has 0 radical (unpaired) electrons. The minimum atomic E-state index is -0.305. The highest BCUT2D eigenvalue weighted by Gasteiger charge is 2.53. The molecule has 1 saturated heterocycles. The molecule has 5 atom stereocenters. The number of hydrogen-bond acceptors (Lipinski definition) is 3. The zero-order valence-corrected chi connectivity index (χ0v) is 12.9. The van der Waals surface area contributed by atoms with Gasteiger partial charge in [-0.05, 0) is 44.4 Å². The molecular formula is C18H27NO2. The number of carbonyl (C=O) groups is 2. The highest BCUT2D eigenvalue weighted by Crippen LogP contribution is 2.44. The quantitative estimate of drug-likeness (QED) is 0.755. The first-order chi connectivity index (χ1) is 10.3. The van der Waals surface area contributed by atoms with E-state index in [1.807, 2.05) is 0 Å². The summed E-state index contributed by atoms with van der Waals surface area (Å²) in [6.07, 6.45) is 11.7. The second-order valence-electron chi connectivity index (χ2n) is 7.78. The summed E-state index contributed by atoms with van der Waals surface area (Å²) in [5.41, 5.74) is 0. The van der Waals surface area contributed by atoms with Crippen LogP contribution in [0, 0.1) is 23.7 Å². The van der Waals surface area contributed by atoms with Crippen LogP contribution in [0.3, 0.4) is 0 Å². The molecular weight excluding hydrogens is 262 g/mol. The fourth-order valence-corrected chi connectivity index (χ4v) is 5.60. The first kappa shape index (κ1) is 13.9. The largest absolute Gasteiger partial charge is 0.310 e. The molecule has 116 valence electrons. The van der Waals surface area contributed by atoms with Crippen LogP contribution in [0.5, 0.6) is 0 Å². The van der Waals surface area contributed by atoms with Gasteiger partial charge >= 0.3 is 0 Å². The third-order valence-corrected chi connectivity index (χ3v) is 6.70. The summed E-state index contributed by atoms with van der Waals surface area (Å²) < 4.78 is 0. The van der Waals surface area contributed by atoms with E-state index in [9.17, 15) is 9.59 Å². The summed E-state index contributed by atoms with van der Waals surface area (Å²) >= 11 is 0. The fraction of sp³-hybridized carbons (Fsp3) is 0.889. The summed E-state index contributed by atoms with van der Waals surface area (Å²) in [5.74, 6) is 1.21. The molecule has 1 N–H and O–H groups in total. The number of rotatable bonds is 1. The van der Waals surface area contributed by atoms with Crippen molar-refractivity contribution < 1.29 is 9.59 Å². The summed E-state index contributed by atoms with van der Waals surface area (Å²) in [5, 5.41) is 3.73. The number of carbonyl (C=O) groups excluding carboxylic acids is 2. The molecule has 4 fully saturated rings. The van der Waals surface area contributed by atoms with Gasteiger partial charge in [0.25, 0.3) is 0 Å². The Labute approximate surface area is 127 Å². The van der Waals surface area contributed by atoms with Gasteiger partial charge in [-0.2, -0.15) is 0 Å². The van der Waals surface area contributed by atoms with E-state index in [-0.39, 0.29) is 35.4 Å². The van der Waals surface area contributed by atoms with Gasteiger partial charge in [-0.1, -0.05) is 25.7 Å². The van der Waals surface area contributed by atoms with Crippen molar-refractivity contribution in [3.8, 4) is 0 Å². The Bertz CT molecular complexity index is 422. The maximum absolute atomic E-state index is 12.7. The Morgan fingerprint density at radius 3 is 2.00 bits per heavy atom. The van der Waals surface area contributed by atoms with E-state index in [4.69, 9.17) is 0 Å². The van der Waals surface area contributed by atoms with Gasteiger partial charge in [0.05, 0.1) is 5.92 Å². The molecule has 3 heteroatoms. The van der Waals surface area contributed by atoms with Gasteiger partial charge in [0, 0.05) is 23.9 Å². The van der Waals surface area contributed by atoms with Gasteiger partial charge in [0.1, 0.15) is 11.6 Å². The van der Waals surface area contributed by atoms with Crippen molar-refractivity contribution in [1.82, 2.24) is 5.32 Å². The smallest absolute Gasteiger partial charge is 0.148 e. The average molecular weight is 289 g/mol. The first-order valence-corrected chi connectivity index (χ1v) is 9.09. The lowest BCUT2D eigenvalue weighted by Gasteiger charge is -2.41. The Hall–Kier alpha value is -0.700. The molecule has 0 spiro atoms. The molecule has 4 aliphatic rings. The van der Waals surface area contributed by atoms with Gasteiger partial charge in [-0.25, -0.2) is 0 Å². The number of fused-ring (bicyclic) bond motifs is 2. The minimum absolute atomic E-state index is 0.0714. The zero-order valence-electron chi connectivity index (χ0n) is 12.9. The maximum atomic E-state index is 12.7. The standard InChI is InChI=1S/C18H27NO2/c20-17-12-6-2-3-7-13(12)18(21)16(17)15-10-9-11-5-1-4-8-14(11)19-15/h11-16,19H,1-10H2. The van der Waals surface area contributed by atoms with Crippen LogP contribution in [0.1, 0.15) is 64.2 Å². The van der Waals surface area contributed by atoms with E-state index in [2.05, 4.69) is 5.32 Å². The number of piperidine rings is 1. The molecule has 1 aliphatic heterocycles. The van der Waals surface area contributed by atoms with E-state index >= 15 is 0 Å². The normalized spacial score (nSPS) is 47.0. The highest BCUT2D eigenvalue weighted by atomic mass is 16.2. The molecule has 3 saturated carbocycles. The Morgan fingerprint density at radius 2 is 1.29 bits per heavy atom. The second-order valence-corrected chi connectivity index (χ2v) is 7.78. The molecule has 1 heterocycles. The topological polar surface area (TPSA) is 46.2 Å². The van der Waals surface area contributed by atoms with E-state index in [0.717, 1.165) is 38.0 Å². The predicted octanol–water partition coefficient (Wildman–Crippen LogP) is 2.87. The van der Waals surface area contributed by atoms with Crippen LogP contribution in [0.4, 0.5) is 0 Å². The molecule has 4 rings (SSSR count). The summed E-state index contributed by atoms with van der Waals surface area (Å²) in [4.78, 5) is 25.5. The molecule has 0 aromatic carbocycles. The molecule has 0 amide bonds. The van der Waals surface area contributed by atoms with Crippen LogP contribution in [0.2, 0.25) is 0 Å². The van der Waals surface area contributed by atoms with Crippen LogP contribution >= 0.6 is 0 Å². The fourth-order valence-electron chi connectivity index (χ4n) is 5.60. The zero-order chi connectivity index (χ0) is 14.4. The molecule has 3 aliphatic carbocycles. The van der Waals surface area contributed by atoms with E-state index in [0.29, 0.717) is 6.04 Å². The summed E-state index contributed by atoms with van der Waals surface area (Å²) in [7, 11) is 0. The van der Waals surface area contributed by atoms with Crippen molar-refractivity contribution in [2.75, 3.05) is 0 Å². The van der Waals surface area contributed by atoms with Crippen molar-refractivity contribution >= 4 is 11.6 Å². The SMILES string of the molecule is O=C1C2CCCCC2C(=O)C1C1CCC2CCCCC2N1. The van der Waals surface area contributed by atoms with Crippen LogP contribution in [-0.4, -0.2) is 23.7 Å². The molecule has 21 heavy (non-hydrogen) atoms. The van der Waals surface area contributed by atoms with E-state index in [1.54, 1.807) is 0 Å². The third kappa shape index (κ3) is 2.28. The highest BCUT2D eigenvalue weighted by molar-refractivity contribution is 6.12. The van der Waals surface area contributed by atoms with Crippen molar-refractivity contribution in [1.29, 1.82) is 0 Å². The number of Topliss-reactive ketones (excluding diaryl/α,β-unsaturated/α-hetero) is 2. The van der Waals surface area contributed by atoms with Crippen molar-refractivity contribution in [3.63, 3.8) is 0 Å². The van der Waals surface area contributed by atoms with E-state index in [1.165, 1.54) is 32.1 Å². The lowest BCUT2D eigenvalue weighted by atomic mass is 9.75. The second kappa shape index (κ2) is 5.49. The van der Waals surface area contributed by atoms with Gasteiger partial charge in [0.15, 0.2) is 0 Å². The van der Waals surface area contributed by atoms with Crippen LogP contribution < -0.4 is 5.32 Å². The first-order valence-electron chi connectivity index (χ1n) is 9.09. The van der Waals surface area contributed by atoms with E-state index < -0.39 is 0 Å². The lowest BCUT2D eigenvalue weighted by Crippen LogP contribution is -2.53. The lowest BCUT2D eigenvalue weighted by molar-refractivity contribution is -0.130. The van der Waals surface area contributed by atoms with Gasteiger partial charge in [-0.3, -0.25) is 9.59 Å². The monoisotopic (exact) mass is 289 g/mol. The summed E-state index contributed by atoms with van der Waals surface area (Å²) in [6.45, 7) is 0. The van der Waals surface area contributed by atoms with Crippen LogP contribution in [0.15, 0.2) is 0 Å². The molecule has 0 aromatic heterocycles. The Morgan fingerprint density at radius 1 is 0.667 bits per heavy atom. The van der Waals surface area contributed by atoms with Crippen molar-refractivity contribution in [2.24, 2.45) is 23.7 Å². The van der Waals surface area contributed by atoms with Gasteiger partial charge in [-0.15, -0.1) is 0 Å².